The van der Waals surface area contributed by atoms with E-state index in [1.54, 1.807) is 0 Å². The summed E-state index contributed by atoms with van der Waals surface area (Å²) in [5.41, 5.74) is 0. The minimum atomic E-state index is -0.877. The number of hydrogen-bond donors (Lipinski definition) is 3. The number of carboxylic acids is 1. The summed E-state index contributed by atoms with van der Waals surface area (Å²) in [6.45, 7) is 3.08. The Morgan fingerprint density at radius 1 is 1.42 bits per heavy atom. The predicted octanol–water partition coefficient (Wildman–Crippen LogP) is -0.373. The number of piperidine rings is 1. The van der Waals surface area contributed by atoms with E-state index in [1.165, 1.54) is 4.90 Å². The lowest BCUT2D eigenvalue weighted by Crippen LogP contribution is -2.53. The van der Waals surface area contributed by atoms with Gasteiger partial charge >= 0.3 is 12.0 Å². The van der Waals surface area contributed by atoms with E-state index in [2.05, 4.69) is 10.6 Å². The Hall–Kier alpha value is -1.79. The Morgan fingerprint density at radius 2 is 2.16 bits per heavy atom. The summed E-state index contributed by atoms with van der Waals surface area (Å²) in [5.74, 6) is -1.63. The van der Waals surface area contributed by atoms with Gasteiger partial charge in [0.25, 0.3) is 0 Å². The molecule has 0 spiro atoms. The fourth-order valence-electron chi connectivity index (χ4n) is 2.60. The average Bonchev–Trinajstić information content (AvgIpc) is 2.74. The lowest BCUT2D eigenvalue weighted by Gasteiger charge is -2.25. The lowest BCUT2D eigenvalue weighted by atomic mass is 9.99. The Morgan fingerprint density at radius 3 is 2.74 bits per heavy atom. The van der Waals surface area contributed by atoms with Gasteiger partial charge in [-0.05, 0) is 18.8 Å². The number of aliphatic carboxylic acids is 1. The number of hydrogen-bond acceptors (Lipinski definition) is 3. The molecule has 0 aliphatic carbocycles. The van der Waals surface area contributed by atoms with Crippen molar-refractivity contribution in [2.24, 2.45) is 11.8 Å². The van der Waals surface area contributed by atoms with Crippen molar-refractivity contribution in [3.05, 3.63) is 0 Å². The third-order valence-electron chi connectivity index (χ3n) is 3.80. The van der Waals surface area contributed by atoms with E-state index in [9.17, 15) is 14.4 Å². The SMILES string of the molecule is CC1CN(C(=O)NC2CCCNC2=O)CC1C(=O)O. The smallest absolute Gasteiger partial charge is 0.318 e. The number of nitrogens with zero attached hydrogens (tertiary/aromatic N) is 1. The summed E-state index contributed by atoms with van der Waals surface area (Å²) < 4.78 is 0. The van der Waals surface area contributed by atoms with Gasteiger partial charge in [-0.25, -0.2) is 4.79 Å². The Balaban J connectivity index is 1.90. The van der Waals surface area contributed by atoms with Gasteiger partial charge in [0.1, 0.15) is 6.04 Å². The molecule has 0 radical (unpaired) electrons. The second kappa shape index (κ2) is 5.46. The average molecular weight is 269 g/mol. The van der Waals surface area contributed by atoms with Gasteiger partial charge in [-0.2, -0.15) is 0 Å². The van der Waals surface area contributed by atoms with Gasteiger partial charge in [-0.15, -0.1) is 0 Å². The van der Waals surface area contributed by atoms with E-state index in [1.807, 2.05) is 6.92 Å². The van der Waals surface area contributed by atoms with Crippen LogP contribution in [0.3, 0.4) is 0 Å². The minimum Gasteiger partial charge on any atom is -0.481 e. The van der Waals surface area contributed by atoms with Crippen LogP contribution in [0.1, 0.15) is 19.8 Å². The number of amides is 3. The van der Waals surface area contributed by atoms with Crippen molar-refractivity contribution in [2.75, 3.05) is 19.6 Å². The van der Waals surface area contributed by atoms with Crippen molar-refractivity contribution in [1.29, 1.82) is 0 Å². The summed E-state index contributed by atoms with van der Waals surface area (Å²) in [5, 5.41) is 14.4. The van der Waals surface area contributed by atoms with Gasteiger partial charge < -0.3 is 20.6 Å². The van der Waals surface area contributed by atoms with E-state index < -0.39 is 17.9 Å². The van der Waals surface area contributed by atoms with E-state index >= 15 is 0 Å². The van der Waals surface area contributed by atoms with Crippen LogP contribution in [0.25, 0.3) is 0 Å². The zero-order valence-electron chi connectivity index (χ0n) is 10.9. The zero-order valence-corrected chi connectivity index (χ0v) is 10.9. The Labute approximate surface area is 111 Å². The fourth-order valence-corrected chi connectivity index (χ4v) is 2.60. The molecular weight excluding hydrogens is 250 g/mol. The third-order valence-corrected chi connectivity index (χ3v) is 3.80. The first-order valence-electron chi connectivity index (χ1n) is 6.55. The van der Waals surface area contributed by atoms with Gasteiger partial charge in [0.2, 0.25) is 5.91 Å². The van der Waals surface area contributed by atoms with E-state index in [4.69, 9.17) is 5.11 Å². The molecule has 2 saturated heterocycles. The second-order valence-corrected chi connectivity index (χ2v) is 5.26. The summed E-state index contributed by atoms with van der Waals surface area (Å²) in [4.78, 5) is 36.0. The van der Waals surface area contributed by atoms with Crippen LogP contribution >= 0.6 is 0 Å². The number of carbonyl (C=O) groups is 3. The summed E-state index contributed by atoms with van der Waals surface area (Å²) in [6, 6.07) is -0.849. The van der Waals surface area contributed by atoms with Crippen LogP contribution in [0.4, 0.5) is 4.79 Å². The highest BCUT2D eigenvalue weighted by Gasteiger charge is 2.38. The Bertz CT molecular complexity index is 398. The van der Waals surface area contributed by atoms with Gasteiger partial charge in [0.15, 0.2) is 0 Å². The van der Waals surface area contributed by atoms with Crippen molar-refractivity contribution < 1.29 is 19.5 Å². The topological polar surface area (TPSA) is 98.7 Å². The maximum absolute atomic E-state index is 12.0. The van der Waals surface area contributed by atoms with Gasteiger partial charge in [0, 0.05) is 19.6 Å². The van der Waals surface area contributed by atoms with Crippen LogP contribution in [-0.4, -0.2) is 53.6 Å². The van der Waals surface area contributed by atoms with Gasteiger partial charge in [-0.1, -0.05) is 6.92 Å². The lowest BCUT2D eigenvalue weighted by molar-refractivity contribution is -0.142. The molecule has 19 heavy (non-hydrogen) atoms. The number of urea groups is 1. The van der Waals surface area contributed by atoms with E-state index in [0.717, 1.165) is 6.42 Å². The maximum Gasteiger partial charge on any atom is 0.318 e. The molecule has 0 aromatic heterocycles. The van der Waals surface area contributed by atoms with Crippen molar-refractivity contribution in [1.82, 2.24) is 15.5 Å². The van der Waals surface area contributed by atoms with E-state index in [-0.39, 0.29) is 24.4 Å². The zero-order chi connectivity index (χ0) is 14.0. The summed E-state index contributed by atoms with van der Waals surface area (Å²) >= 11 is 0. The van der Waals surface area contributed by atoms with Crippen LogP contribution in [0, 0.1) is 11.8 Å². The predicted molar refractivity (Wildman–Crippen MR) is 66.4 cm³/mol. The molecule has 2 aliphatic heterocycles. The van der Waals surface area contributed by atoms with E-state index in [0.29, 0.717) is 19.5 Å². The molecule has 7 heteroatoms. The normalized spacial score (nSPS) is 30.9. The molecule has 106 valence electrons. The molecule has 2 heterocycles. The van der Waals surface area contributed by atoms with Crippen molar-refractivity contribution >= 4 is 17.9 Å². The first-order chi connectivity index (χ1) is 8.99. The molecule has 0 aromatic rings. The van der Waals surface area contributed by atoms with Crippen molar-refractivity contribution in [2.45, 2.75) is 25.8 Å². The molecule has 0 bridgehead atoms. The van der Waals surface area contributed by atoms with Gasteiger partial charge in [-0.3, -0.25) is 9.59 Å². The fraction of sp³-hybridized carbons (Fsp3) is 0.750. The van der Waals surface area contributed by atoms with Crippen LogP contribution in [0.5, 0.6) is 0 Å². The van der Waals surface area contributed by atoms with Crippen LogP contribution < -0.4 is 10.6 Å². The Kier molecular flexibility index (Phi) is 3.92. The summed E-state index contributed by atoms with van der Waals surface area (Å²) in [6.07, 6.45) is 1.47. The highest BCUT2D eigenvalue weighted by molar-refractivity contribution is 5.87. The molecule has 2 rings (SSSR count). The van der Waals surface area contributed by atoms with Crippen LogP contribution in [0.2, 0.25) is 0 Å². The molecule has 0 aromatic carbocycles. The standard InChI is InChI=1S/C12H19N3O4/c1-7-5-15(6-8(7)11(17)18)12(19)14-9-3-2-4-13-10(9)16/h7-9H,2-6H2,1H3,(H,13,16)(H,14,19)(H,17,18). The number of nitrogens with one attached hydrogen (secondary N) is 2. The largest absolute Gasteiger partial charge is 0.481 e. The highest BCUT2D eigenvalue weighted by atomic mass is 16.4. The minimum absolute atomic E-state index is 0.0663. The van der Waals surface area contributed by atoms with Gasteiger partial charge in [0.05, 0.1) is 5.92 Å². The number of carbonyl (C=O) groups excluding carboxylic acids is 2. The molecule has 3 unspecified atom stereocenters. The first-order valence-corrected chi connectivity index (χ1v) is 6.55. The van der Waals surface area contributed by atoms with Crippen molar-refractivity contribution in [3.63, 3.8) is 0 Å². The molecule has 2 fully saturated rings. The molecule has 7 nitrogen and oxygen atoms in total. The monoisotopic (exact) mass is 269 g/mol. The molecule has 3 atom stereocenters. The second-order valence-electron chi connectivity index (χ2n) is 5.26. The molecule has 0 saturated carbocycles. The first kappa shape index (κ1) is 13.6. The van der Waals surface area contributed by atoms with Crippen LogP contribution in [0.15, 0.2) is 0 Å². The maximum atomic E-state index is 12.0. The summed E-state index contributed by atoms with van der Waals surface area (Å²) in [7, 11) is 0. The molecule has 3 amide bonds. The molecular formula is C12H19N3O4. The quantitative estimate of drug-likeness (QED) is 0.636. The van der Waals surface area contributed by atoms with Crippen LogP contribution in [-0.2, 0) is 9.59 Å². The molecule has 2 aliphatic rings. The highest BCUT2D eigenvalue weighted by Crippen LogP contribution is 2.23. The third kappa shape index (κ3) is 2.97. The van der Waals surface area contributed by atoms with Crippen molar-refractivity contribution in [3.8, 4) is 0 Å². The number of rotatable bonds is 2. The number of carboxylic acid groups (broad SMARTS) is 1. The number of likely N-dealkylation sites (tertiary alicyclic amines) is 1. The molecule has 3 N–H and O–H groups in total.